The molecule has 1 aliphatic rings. The number of allylic oxidation sites excluding steroid dienone is 2. The summed E-state index contributed by atoms with van der Waals surface area (Å²) in [5, 5.41) is 2.81. The number of para-hydroxylation sites is 1. The topological polar surface area (TPSA) is 49.4 Å². The second-order valence-corrected chi connectivity index (χ2v) is 7.47. The molecule has 1 fully saturated rings. The molecule has 27 heavy (non-hydrogen) atoms. The molecule has 136 valence electrons. The highest BCUT2D eigenvalue weighted by molar-refractivity contribution is 8.26. The van der Waals surface area contributed by atoms with Crippen molar-refractivity contribution in [1.29, 1.82) is 0 Å². The van der Waals surface area contributed by atoms with Crippen LogP contribution in [0.5, 0.6) is 0 Å². The fourth-order valence-corrected chi connectivity index (χ4v) is 3.74. The predicted octanol–water partition coefficient (Wildman–Crippen LogP) is 4.47. The Morgan fingerprint density at radius 1 is 1.07 bits per heavy atom. The van der Waals surface area contributed by atoms with Gasteiger partial charge in [0.2, 0.25) is 5.91 Å². The summed E-state index contributed by atoms with van der Waals surface area (Å²) in [5.41, 5.74) is 1.79. The minimum atomic E-state index is -0.157. The summed E-state index contributed by atoms with van der Waals surface area (Å²) >= 11 is 6.55. The van der Waals surface area contributed by atoms with E-state index in [1.54, 1.807) is 6.08 Å². The van der Waals surface area contributed by atoms with Crippen molar-refractivity contribution in [2.24, 2.45) is 0 Å². The van der Waals surface area contributed by atoms with Crippen LogP contribution in [-0.2, 0) is 9.59 Å². The van der Waals surface area contributed by atoms with Crippen molar-refractivity contribution in [3.63, 3.8) is 0 Å². The Morgan fingerprint density at radius 2 is 1.74 bits per heavy atom. The zero-order chi connectivity index (χ0) is 19.1. The zero-order valence-electron chi connectivity index (χ0n) is 14.5. The van der Waals surface area contributed by atoms with Crippen LogP contribution in [0.25, 0.3) is 6.08 Å². The number of thiocarbonyl (C=S) groups is 1. The molecule has 4 nitrogen and oxygen atoms in total. The maximum absolute atomic E-state index is 12.5. The van der Waals surface area contributed by atoms with Gasteiger partial charge in [-0.1, -0.05) is 84.7 Å². The lowest BCUT2D eigenvalue weighted by Gasteiger charge is -2.14. The number of amides is 2. The molecule has 1 heterocycles. The summed E-state index contributed by atoms with van der Waals surface area (Å²) in [6.45, 7) is 0.267. The molecule has 6 heteroatoms. The molecule has 0 unspecified atom stereocenters. The Bertz CT molecular complexity index is 893. The van der Waals surface area contributed by atoms with Gasteiger partial charge in [0.05, 0.1) is 4.91 Å². The van der Waals surface area contributed by atoms with E-state index in [0.29, 0.717) is 9.23 Å². The van der Waals surface area contributed by atoms with Gasteiger partial charge in [0, 0.05) is 18.7 Å². The Morgan fingerprint density at radius 3 is 2.44 bits per heavy atom. The van der Waals surface area contributed by atoms with Crippen LogP contribution in [0.3, 0.4) is 0 Å². The van der Waals surface area contributed by atoms with Crippen molar-refractivity contribution in [3.05, 3.63) is 83.3 Å². The molecule has 1 aliphatic heterocycles. The molecular formula is C21H18N2O2S2. The monoisotopic (exact) mass is 394 g/mol. The number of hydrogen-bond acceptors (Lipinski definition) is 4. The number of hydrogen-bond donors (Lipinski definition) is 1. The second kappa shape index (κ2) is 9.30. The van der Waals surface area contributed by atoms with Crippen LogP contribution < -0.4 is 5.32 Å². The van der Waals surface area contributed by atoms with Crippen LogP contribution in [0.4, 0.5) is 5.69 Å². The van der Waals surface area contributed by atoms with Gasteiger partial charge in [-0.2, -0.15) is 0 Å². The van der Waals surface area contributed by atoms with Crippen LogP contribution in [0.2, 0.25) is 0 Å². The number of nitrogens with zero attached hydrogens (tertiary/aromatic N) is 1. The van der Waals surface area contributed by atoms with Gasteiger partial charge >= 0.3 is 0 Å². The Balaban J connectivity index is 1.55. The Labute approximate surface area is 168 Å². The lowest BCUT2D eigenvalue weighted by Crippen LogP contribution is -2.31. The van der Waals surface area contributed by atoms with Crippen molar-refractivity contribution < 1.29 is 9.59 Å². The lowest BCUT2D eigenvalue weighted by atomic mass is 10.2. The standard InChI is InChI=1S/C21H18N2O2S2/c24-19(22-17-11-5-2-6-12-17)14-15-23-20(25)18(27-21(23)26)13-7-10-16-8-3-1-4-9-16/h1-13H,14-15H2,(H,22,24). The van der Waals surface area contributed by atoms with E-state index < -0.39 is 0 Å². The molecule has 3 rings (SSSR count). The van der Waals surface area contributed by atoms with Gasteiger partial charge in [0.25, 0.3) is 5.91 Å². The van der Waals surface area contributed by atoms with Gasteiger partial charge in [0.1, 0.15) is 4.32 Å². The second-order valence-electron chi connectivity index (χ2n) is 5.79. The molecule has 0 spiro atoms. The van der Waals surface area contributed by atoms with Gasteiger partial charge in [-0.3, -0.25) is 14.5 Å². The van der Waals surface area contributed by atoms with Crippen LogP contribution in [0.1, 0.15) is 12.0 Å². The van der Waals surface area contributed by atoms with Crippen LogP contribution in [-0.4, -0.2) is 27.6 Å². The molecule has 0 aliphatic carbocycles. The number of carbonyl (C=O) groups excluding carboxylic acids is 2. The number of nitrogens with one attached hydrogen (secondary N) is 1. The first kappa shape index (κ1) is 19.1. The third kappa shape index (κ3) is 5.39. The van der Waals surface area contributed by atoms with Gasteiger partial charge in [-0.25, -0.2) is 0 Å². The maximum Gasteiger partial charge on any atom is 0.266 e. The predicted molar refractivity (Wildman–Crippen MR) is 115 cm³/mol. The van der Waals surface area contributed by atoms with E-state index in [2.05, 4.69) is 5.32 Å². The van der Waals surface area contributed by atoms with Crippen molar-refractivity contribution >= 4 is 51.9 Å². The number of thioether (sulfide) groups is 1. The summed E-state index contributed by atoms with van der Waals surface area (Å²) < 4.78 is 0.479. The SMILES string of the molecule is O=C(CCN1C(=O)C(=CC=Cc2ccccc2)SC1=S)Nc1ccccc1. The molecule has 1 N–H and O–H groups in total. The van der Waals surface area contributed by atoms with Gasteiger partial charge in [-0.05, 0) is 23.8 Å². The number of rotatable bonds is 6. The highest BCUT2D eigenvalue weighted by atomic mass is 32.2. The van der Waals surface area contributed by atoms with Gasteiger partial charge in [0.15, 0.2) is 0 Å². The number of benzene rings is 2. The molecule has 0 radical (unpaired) electrons. The van der Waals surface area contributed by atoms with E-state index in [1.165, 1.54) is 16.7 Å². The lowest BCUT2D eigenvalue weighted by molar-refractivity contribution is -0.122. The van der Waals surface area contributed by atoms with Crippen LogP contribution in [0.15, 0.2) is 77.7 Å². The van der Waals surface area contributed by atoms with Crippen molar-refractivity contribution in [3.8, 4) is 0 Å². The van der Waals surface area contributed by atoms with E-state index in [9.17, 15) is 9.59 Å². The number of anilines is 1. The zero-order valence-corrected chi connectivity index (χ0v) is 16.1. The molecule has 2 amide bonds. The number of carbonyl (C=O) groups is 2. The third-order valence-corrected chi connectivity index (χ3v) is 5.23. The van der Waals surface area contributed by atoms with E-state index in [-0.39, 0.29) is 24.8 Å². The van der Waals surface area contributed by atoms with E-state index in [0.717, 1.165) is 11.3 Å². The summed E-state index contributed by atoms with van der Waals surface area (Å²) in [6, 6.07) is 19.1. The highest BCUT2D eigenvalue weighted by Crippen LogP contribution is 2.31. The minimum Gasteiger partial charge on any atom is -0.326 e. The Kier molecular flexibility index (Phi) is 6.57. The molecule has 0 aromatic heterocycles. The van der Waals surface area contributed by atoms with Crippen LogP contribution >= 0.6 is 24.0 Å². The molecule has 0 atom stereocenters. The molecule has 1 saturated heterocycles. The fourth-order valence-electron chi connectivity index (χ4n) is 2.48. The molecule has 2 aromatic carbocycles. The normalized spacial score (nSPS) is 15.7. The smallest absolute Gasteiger partial charge is 0.266 e. The minimum absolute atomic E-state index is 0.150. The third-order valence-electron chi connectivity index (χ3n) is 3.83. The van der Waals surface area contributed by atoms with Crippen molar-refractivity contribution in [2.45, 2.75) is 6.42 Å². The maximum atomic E-state index is 12.5. The van der Waals surface area contributed by atoms with Gasteiger partial charge < -0.3 is 5.32 Å². The largest absolute Gasteiger partial charge is 0.326 e. The summed E-state index contributed by atoms with van der Waals surface area (Å²) in [7, 11) is 0. The highest BCUT2D eigenvalue weighted by Gasteiger charge is 2.31. The molecule has 0 saturated carbocycles. The Hall–Kier alpha value is -2.70. The first-order chi connectivity index (χ1) is 13.1. The average molecular weight is 395 g/mol. The van der Waals surface area contributed by atoms with E-state index in [4.69, 9.17) is 12.2 Å². The summed E-state index contributed by atoms with van der Waals surface area (Å²) in [4.78, 5) is 26.6. The molecule has 2 aromatic rings. The van der Waals surface area contributed by atoms with E-state index >= 15 is 0 Å². The van der Waals surface area contributed by atoms with Crippen molar-refractivity contribution in [1.82, 2.24) is 4.90 Å². The van der Waals surface area contributed by atoms with E-state index in [1.807, 2.05) is 72.8 Å². The molecular weight excluding hydrogens is 376 g/mol. The summed E-state index contributed by atoms with van der Waals surface area (Å²) in [6.07, 6.45) is 5.72. The first-order valence-electron chi connectivity index (χ1n) is 8.45. The first-order valence-corrected chi connectivity index (χ1v) is 9.68. The fraction of sp³-hybridized carbons (Fsp3) is 0.0952. The van der Waals surface area contributed by atoms with Gasteiger partial charge in [-0.15, -0.1) is 0 Å². The van der Waals surface area contributed by atoms with Crippen LogP contribution in [0, 0.1) is 0 Å². The summed E-state index contributed by atoms with van der Waals surface area (Å²) in [5.74, 6) is -0.307. The quantitative estimate of drug-likeness (QED) is 0.580. The van der Waals surface area contributed by atoms with Crippen molar-refractivity contribution in [2.75, 3.05) is 11.9 Å². The average Bonchev–Trinajstić information content (AvgIpc) is 2.95. The molecule has 0 bridgehead atoms.